The van der Waals surface area contributed by atoms with E-state index >= 15 is 0 Å². The number of hydrogen-bond donors (Lipinski definition) is 0. The van der Waals surface area contributed by atoms with Crippen LogP contribution in [0.3, 0.4) is 0 Å². The molecule has 0 aromatic heterocycles. The number of benzene rings is 1. The molecule has 0 aliphatic heterocycles. The Bertz CT molecular complexity index is 762. The monoisotopic (exact) mass is 451 g/mol. The van der Waals surface area contributed by atoms with Gasteiger partial charge in [-0.3, -0.25) is 4.79 Å². The fraction of sp³-hybridized carbons (Fsp3) is 0.619. The van der Waals surface area contributed by atoms with E-state index in [0.29, 0.717) is 36.9 Å². The highest BCUT2D eigenvalue weighted by Crippen LogP contribution is 2.35. The van der Waals surface area contributed by atoms with Crippen molar-refractivity contribution in [2.45, 2.75) is 64.8 Å². The van der Waals surface area contributed by atoms with Crippen molar-refractivity contribution in [3.05, 3.63) is 29.3 Å². The van der Waals surface area contributed by atoms with E-state index in [1.165, 1.54) is 17.9 Å². The Labute approximate surface area is 178 Å². The van der Waals surface area contributed by atoms with Crippen molar-refractivity contribution in [3.8, 4) is 6.07 Å². The van der Waals surface area contributed by atoms with Crippen molar-refractivity contribution in [1.82, 2.24) is 4.90 Å². The second-order valence-corrected chi connectivity index (χ2v) is 7.29. The van der Waals surface area contributed by atoms with Gasteiger partial charge in [-0.25, -0.2) is 0 Å². The van der Waals surface area contributed by atoms with Crippen LogP contribution in [0.2, 0.25) is 0 Å². The number of alkyl halides is 6. The van der Waals surface area contributed by atoms with Crippen LogP contribution in [0.1, 0.15) is 57.6 Å². The minimum absolute atomic E-state index is 0.362. The molecule has 0 aliphatic rings. The van der Waals surface area contributed by atoms with E-state index in [-0.39, 0.29) is 0 Å². The quantitative estimate of drug-likeness (QED) is 0.425. The molecular formula is C21H27F6N3O. The van der Waals surface area contributed by atoms with Crippen LogP contribution in [0.5, 0.6) is 0 Å². The highest BCUT2D eigenvalue weighted by Gasteiger charge is 2.38. The zero-order chi connectivity index (χ0) is 23.8. The molecule has 31 heavy (non-hydrogen) atoms. The molecule has 0 radical (unpaired) electrons. The summed E-state index contributed by atoms with van der Waals surface area (Å²) in [7, 11) is 0. The summed E-state index contributed by atoms with van der Waals surface area (Å²) in [6.07, 6.45) is -6.79. The van der Waals surface area contributed by atoms with E-state index < -0.39 is 47.7 Å². The first-order valence-electron chi connectivity index (χ1n) is 10.1. The molecule has 0 N–H and O–H groups in total. The molecule has 174 valence electrons. The van der Waals surface area contributed by atoms with Crippen LogP contribution in [-0.4, -0.2) is 42.7 Å². The largest absolute Gasteiger partial charge is 0.417 e. The molecule has 10 heteroatoms. The van der Waals surface area contributed by atoms with Crippen molar-refractivity contribution in [2.24, 2.45) is 0 Å². The smallest absolute Gasteiger partial charge is 0.351 e. The van der Waals surface area contributed by atoms with Gasteiger partial charge in [0.25, 0.3) is 0 Å². The Kier molecular flexibility index (Phi) is 9.66. The number of nitrogens with zero attached hydrogens (tertiary/aromatic N) is 3. The van der Waals surface area contributed by atoms with Gasteiger partial charge in [-0.05, 0) is 38.0 Å². The molecule has 0 saturated heterocycles. The summed E-state index contributed by atoms with van der Waals surface area (Å²) in [5.41, 5.74) is -2.46. The summed E-state index contributed by atoms with van der Waals surface area (Å²) in [5.74, 6) is -0.580. The lowest BCUT2D eigenvalue weighted by Gasteiger charge is -2.35. The van der Waals surface area contributed by atoms with Gasteiger partial charge in [0.2, 0.25) is 5.91 Å². The van der Waals surface area contributed by atoms with Crippen molar-refractivity contribution < 1.29 is 31.1 Å². The third-order valence-electron chi connectivity index (χ3n) is 4.81. The van der Waals surface area contributed by atoms with Gasteiger partial charge in [0, 0.05) is 18.8 Å². The summed E-state index contributed by atoms with van der Waals surface area (Å²) >= 11 is 0. The van der Waals surface area contributed by atoms with Crippen LogP contribution in [0.15, 0.2) is 18.2 Å². The van der Waals surface area contributed by atoms with Crippen molar-refractivity contribution in [2.75, 3.05) is 24.5 Å². The number of anilines is 1. The molecule has 1 rings (SSSR count). The van der Waals surface area contributed by atoms with E-state index in [1.807, 2.05) is 13.8 Å². The zero-order valence-electron chi connectivity index (χ0n) is 17.8. The molecule has 1 amide bonds. The Morgan fingerprint density at radius 3 is 2.03 bits per heavy atom. The lowest BCUT2D eigenvalue weighted by molar-refractivity contribution is -0.137. The highest BCUT2D eigenvalue weighted by molar-refractivity contribution is 5.85. The molecular weight excluding hydrogens is 424 g/mol. The second kappa shape index (κ2) is 11.3. The average Bonchev–Trinajstić information content (AvgIpc) is 2.69. The van der Waals surface area contributed by atoms with Gasteiger partial charge in [-0.15, -0.1) is 0 Å². The van der Waals surface area contributed by atoms with Crippen LogP contribution < -0.4 is 4.90 Å². The Balaban J connectivity index is 3.39. The molecule has 1 aromatic carbocycles. The van der Waals surface area contributed by atoms with Gasteiger partial charge in [0.15, 0.2) is 0 Å². The highest BCUT2D eigenvalue weighted by atomic mass is 19.4. The zero-order valence-corrected chi connectivity index (χ0v) is 17.8. The number of carbonyl (C=O) groups is 1. The SMILES string of the molecule is CCCCN(CCCC)C(=O)C(C)N(CC(F)(F)F)c1ccc(C#N)c(C(F)(F)F)c1. The Morgan fingerprint density at radius 1 is 1.06 bits per heavy atom. The maximum Gasteiger partial charge on any atom is 0.417 e. The maximum absolute atomic E-state index is 13.3. The van der Waals surface area contributed by atoms with Crippen LogP contribution in [-0.2, 0) is 11.0 Å². The molecule has 0 spiro atoms. The normalized spacial score (nSPS) is 12.9. The van der Waals surface area contributed by atoms with Gasteiger partial charge in [0.05, 0.1) is 17.2 Å². The maximum atomic E-state index is 13.3. The van der Waals surface area contributed by atoms with Crippen molar-refractivity contribution in [3.63, 3.8) is 0 Å². The fourth-order valence-corrected chi connectivity index (χ4v) is 3.12. The number of carbonyl (C=O) groups excluding carboxylic acids is 1. The minimum Gasteiger partial charge on any atom is -0.351 e. The van der Waals surface area contributed by atoms with Gasteiger partial charge >= 0.3 is 12.4 Å². The Morgan fingerprint density at radius 2 is 1.61 bits per heavy atom. The van der Waals surface area contributed by atoms with Crippen LogP contribution in [0.25, 0.3) is 0 Å². The number of amides is 1. The third-order valence-corrected chi connectivity index (χ3v) is 4.81. The van der Waals surface area contributed by atoms with Gasteiger partial charge in [-0.2, -0.15) is 31.6 Å². The molecule has 0 fully saturated rings. The van der Waals surface area contributed by atoms with Gasteiger partial charge in [0.1, 0.15) is 12.6 Å². The standard InChI is InChI=1S/C21H27F6N3O/c1-4-6-10-29(11-7-5-2)19(31)15(3)30(14-20(22,23)24)17-9-8-16(13-28)18(12-17)21(25,26)27/h8-9,12,15H,4-7,10-11,14H2,1-3H3. The second-order valence-electron chi connectivity index (χ2n) is 7.29. The lowest BCUT2D eigenvalue weighted by atomic mass is 10.1. The summed E-state index contributed by atoms with van der Waals surface area (Å²) in [6.45, 7) is 4.21. The average molecular weight is 451 g/mol. The number of rotatable bonds is 10. The summed E-state index contributed by atoms with van der Waals surface area (Å²) in [5, 5.41) is 8.93. The molecule has 0 heterocycles. The summed E-state index contributed by atoms with van der Waals surface area (Å²) in [6, 6.07) is 2.38. The van der Waals surface area contributed by atoms with E-state index in [0.717, 1.165) is 25.0 Å². The first kappa shape index (κ1) is 26.6. The number of halogens is 6. The predicted octanol–water partition coefficient (Wildman–Crippen LogP) is 5.76. The lowest BCUT2D eigenvalue weighted by Crippen LogP contribution is -2.50. The molecule has 1 unspecified atom stereocenters. The van der Waals surface area contributed by atoms with Crippen LogP contribution in [0.4, 0.5) is 32.0 Å². The van der Waals surface area contributed by atoms with Crippen molar-refractivity contribution in [1.29, 1.82) is 5.26 Å². The molecule has 1 atom stereocenters. The molecule has 0 aliphatic carbocycles. The molecule has 1 aromatic rings. The van der Waals surface area contributed by atoms with Crippen molar-refractivity contribution >= 4 is 11.6 Å². The van der Waals surface area contributed by atoms with Gasteiger partial charge < -0.3 is 9.80 Å². The number of hydrogen-bond acceptors (Lipinski definition) is 3. The summed E-state index contributed by atoms with van der Waals surface area (Å²) in [4.78, 5) is 15.1. The molecule has 0 saturated carbocycles. The van der Waals surface area contributed by atoms with E-state index in [9.17, 15) is 31.1 Å². The Hall–Kier alpha value is -2.44. The van der Waals surface area contributed by atoms with E-state index in [2.05, 4.69) is 0 Å². The van der Waals surface area contributed by atoms with Crippen LogP contribution in [0, 0.1) is 11.3 Å². The first-order chi connectivity index (χ1) is 14.4. The topological polar surface area (TPSA) is 47.3 Å². The van der Waals surface area contributed by atoms with E-state index in [4.69, 9.17) is 5.26 Å². The van der Waals surface area contributed by atoms with Gasteiger partial charge in [-0.1, -0.05) is 26.7 Å². The van der Waals surface area contributed by atoms with E-state index in [1.54, 1.807) is 0 Å². The third kappa shape index (κ3) is 7.96. The first-order valence-corrected chi connectivity index (χ1v) is 10.1. The minimum atomic E-state index is -4.92. The number of nitriles is 1. The fourth-order valence-electron chi connectivity index (χ4n) is 3.12. The molecule has 4 nitrogen and oxygen atoms in total. The number of unbranched alkanes of at least 4 members (excludes halogenated alkanes) is 2. The molecule has 0 bridgehead atoms. The van der Waals surface area contributed by atoms with Crippen LogP contribution >= 0.6 is 0 Å². The predicted molar refractivity (Wildman–Crippen MR) is 105 cm³/mol. The summed E-state index contributed by atoms with van der Waals surface area (Å²) < 4.78 is 79.7.